The number of nitrogens with one attached hydrogen (secondary N) is 1. The van der Waals surface area contributed by atoms with Gasteiger partial charge in [0, 0.05) is 17.7 Å². The Morgan fingerprint density at radius 1 is 1.14 bits per heavy atom. The molecule has 0 spiro atoms. The minimum Gasteiger partial charge on any atom is -0.497 e. The topological polar surface area (TPSA) is 39.7 Å². The van der Waals surface area contributed by atoms with Crippen LogP contribution in [0.5, 0.6) is 17.2 Å². The summed E-state index contributed by atoms with van der Waals surface area (Å²) in [7, 11) is 3.22. The molecular weight excluding hydrogens is 273 g/mol. The summed E-state index contributed by atoms with van der Waals surface area (Å²) in [5, 5.41) is 3.18. The molecule has 1 atom stereocenters. The molecule has 0 amide bonds. The Bertz CT molecular complexity index is 660. The van der Waals surface area contributed by atoms with E-state index in [1.54, 1.807) is 20.3 Å². The van der Waals surface area contributed by atoms with Crippen LogP contribution in [0.2, 0.25) is 0 Å². The molecule has 1 heterocycles. The summed E-state index contributed by atoms with van der Waals surface area (Å²) in [6.07, 6.45) is -0.205. The number of ether oxygens (including phenoxy) is 3. The van der Waals surface area contributed by atoms with Crippen molar-refractivity contribution >= 4 is 5.69 Å². The number of methoxy groups -OCH3 is 2. The third-order valence-electron chi connectivity index (χ3n) is 3.48. The standard InChI is InChI=1S/C16H16FNO3/c1-19-11-4-5-12(15(8-11)20-2)16-9-18-13-7-10(17)3-6-14(13)21-16/h3-8,16,18H,9H2,1-2H3. The van der Waals surface area contributed by atoms with Crippen molar-refractivity contribution in [1.82, 2.24) is 0 Å². The number of rotatable bonds is 3. The van der Waals surface area contributed by atoms with Crippen molar-refractivity contribution in [3.8, 4) is 17.2 Å². The molecule has 0 bridgehead atoms. The SMILES string of the molecule is COc1ccc(C2CNc3cc(F)ccc3O2)c(OC)c1. The molecule has 110 valence electrons. The summed E-state index contributed by atoms with van der Waals surface area (Å²) < 4.78 is 29.7. The fourth-order valence-corrected chi connectivity index (χ4v) is 2.40. The molecule has 1 aliphatic heterocycles. The fourth-order valence-electron chi connectivity index (χ4n) is 2.40. The second kappa shape index (κ2) is 5.52. The number of anilines is 1. The van der Waals surface area contributed by atoms with Crippen LogP contribution in [-0.4, -0.2) is 20.8 Å². The molecular formula is C16H16FNO3. The highest BCUT2D eigenvalue weighted by atomic mass is 19.1. The molecule has 3 rings (SSSR count). The Morgan fingerprint density at radius 2 is 2.00 bits per heavy atom. The van der Waals surface area contributed by atoms with E-state index < -0.39 is 0 Å². The summed E-state index contributed by atoms with van der Waals surface area (Å²) in [5.74, 6) is 1.77. The maximum Gasteiger partial charge on any atom is 0.145 e. The summed E-state index contributed by atoms with van der Waals surface area (Å²) in [6, 6.07) is 10.0. The van der Waals surface area contributed by atoms with Crippen molar-refractivity contribution in [2.75, 3.05) is 26.1 Å². The van der Waals surface area contributed by atoms with E-state index in [4.69, 9.17) is 14.2 Å². The normalized spacial score (nSPS) is 16.4. The predicted molar refractivity (Wildman–Crippen MR) is 77.8 cm³/mol. The van der Waals surface area contributed by atoms with Gasteiger partial charge in [-0.2, -0.15) is 0 Å². The predicted octanol–water partition coefficient (Wildman–Crippen LogP) is 3.39. The third kappa shape index (κ3) is 2.59. The van der Waals surface area contributed by atoms with Crippen LogP contribution in [0.25, 0.3) is 0 Å². The van der Waals surface area contributed by atoms with Crippen LogP contribution in [0.3, 0.4) is 0 Å². The molecule has 2 aromatic carbocycles. The minimum atomic E-state index is -0.287. The van der Waals surface area contributed by atoms with Crippen LogP contribution in [0, 0.1) is 5.82 Å². The van der Waals surface area contributed by atoms with Crippen LogP contribution in [-0.2, 0) is 0 Å². The lowest BCUT2D eigenvalue weighted by Gasteiger charge is -2.28. The Balaban J connectivity index is 1.90. The lowest BCUT2D eigenvalue weighted by molar-refractivity contribution is 0.205. The van der Waals surface area contributed by atoms with Crippen LogP contribution in [0.1, 0.15) is 11.7 Å². The maximum atomic E-state index is 13.2. The van der Waals surface area contributed by atoms with Crippen molar-refractivity contribution in [3.63, 3.8) is 0 Å². The summed E-state index contributed by atoms with van der Waals surface area (Å²) in [5.41, 5.74) is 1.58. The molecule has 1 aliphatic rings. The lowest BCUT2D eigenvalue weighted by Crippen LogP contribution is -2.24. The van der Waals surface area contributed by atoms with Gasteiger partial charge in [-0.15, -0.1) is 0 Å². The molecule has 0 aromatic heterocycles. The fraction of sp³-hybridized carbons (Fsp3) is 0.250. The molecule has 0 fully saturated rings. The lowest BCUT2D eigenvalue weighted by atomic mass is 10.1. The Hall–Kier alpha value is -2.43. The van der Waals surface area contributed by atoms with Gasteiger partial charge in [0.25, 0.3) is 0 Å². The number of hydrogen-bond acceptors (Lipinski definition) is 4. The van der Waals surface area contributed by atoms with Crippen molar-refractivity contribution in [2.24, 2.45) is 0 Å². The van der Waals surface area contributed by atoms with Crippen LogP contribution in [0.15, 0.2) is 36.4 Å². The van der Waals surface area contributed by atoms with E-state index in [-0.39, 0.29) is 11.9 Å². The third-order valence-corrected chi connectivity index (χ3v) is 3.48. The van der Waals surface area contributed by atoms with E-state index in [0.717, 1.165) is 11.3 Å². The zero-order valence-electron chi connectivity index (χ0n) is 11.9. The van der Waals surface area contributed by atoms with Gasteiger partial charge in [0.2, 0.25) is 0 Å². The molecule has 0 aliphatic carbocycles. The number of fused-ring (bicyclic) bond motifs is 1. The van der Waals surface area contributed by atoms with Crippen molar-refractivity contribution in [1.29, 1.82) is 0 Å². The Labute approximate surface area is 122 Å². The van der Waals surface area contributed by atoms with E-state index in [1.807, 2.05) is 18.2 Å². The highest BCUT2D eigenvalue weighted by molar-refractivity contribution is 5.59. The molecule has 21 heavy (non-hydrogen) atoms. The van der Waals surface area contributed by atoms with Gasteiger partial charge in [-0.3, -0.25) is 0 Å². The van der Waals surface area contributed by atoms with E-state index in [9.17, 15) is 4.39 Å². The molecule has 2 aromatic rings. The molecule has 4 nitrogen and oxygen atoms in total. The van der Waals surface area contributed by atoms with Crippen LogP contribution >= 0.6 is 0 Å². The van der Waals surface area contributed by atoms with Gasteiger partial charge in [-0.25, -0.2) is 4.39 Å². The van der Waals surface area contributed by atoms with E-state index in [2.05, 4.69) is 5.32 Å². The highest BCUT2D eigenvalue weighted by Crippen LogP contribution is 2.38. The van der Waals surface area contributed by atoms with Crippen LogP contribution in [0.4, 0.5) is 10.1 Å². The monoisotopic (exact) mass is 289 g/mol. The first kappa shape index (κ1) is 13.5. The zero-order valence-corrected chi connectivity index (χ0v) is 11.9. The van der Waals surface area contributed by atoms with Gasteiger partial charge in [0.1, 0.15) is 29.2 Å². The first-order valence-corrected chi connectivity index (χ1v) is 6.63. The van der Waals surface area contributed by atoms with Gasteiger partial charge in [-0.1, -0.05) is 0 Å². The molecule has 0 saturated carbocycles. The molecule has 0 saturated heterocycles. The smallest absolute Gasteiger partial charge is 0.145 e. The number of halogens is 1. The van der Waals surface area contributed by atoms with Crippen molar-refractivity contribution in [3.05, 3.63) is 47.8 Å². The first-order valence-electron chi connectivity index (χ1n) is 6.63. The van der Waals surface area contributed by atoms with Gasteiger partial charge in [0.05, 0.1) is 26.5 Å². The largest absolute Gasteiger partial charge is 0.497 e. The maximum absolute atomic E-state index is 13.2. The Kier molecular flexibility index (Phi) is 3.56. The summed E-state index contributed by atoms with van der Waals surface area (Å²) in [6.45, 7) is 0.541. The van der Waals surface area contributed by atoms with Gasteiger partial charge in [0.15, 0.2) is 0 Å². The second-order valence-corrected chi connectivity index (χ2v) is 4.74. The average molecular weight is 289 g/mol. The van der Waals surface area contributed by atoms with Gasteiger partial charge < -0.3 is 19.5 Å². The first-order chi connectivity index (χ1) is 10.2. The van der Waals surface area contributed by atoms with E-state index >= 15 is 0 Å². The molecule has 0 radical (unpaired) electrons. The molecule has 5 heteroatoms. The van der Waals surface area contributed by atoms with E-state index in [0.29, 0.717) is 23.7 Å². The molecule has 1 N–H and O–H groups in total. The average Bonchev–Trinajstić information content (AvgIpc) is 2.53. The second-order valence-electron chi connectivity index (χ2n) is 4.74. The highest BCUT2D eigenvalue weighted by Gasteiger charge is 2.24. The quantitative estimate of drug-likeness (QED) is 0.940. The minimum absolute atomic E-state index is 0.205. The number of benzene rings is 2. The van der Waals surface area contributed by atoms with Gasteiger partial charge in [-0.05, 0) is 24.3 Å². The zero-order chi connectivity index (χ0) is 14.8. The number of hydrogen-bond donors (Lipinski definition) is 1. The molecule has 1 unspecified atom stereocenters. The Morgan fingerprint density at radius 3 is 2.76 bits per heavy atom. The summed E-state index contributed by atoms with van der Waals surface area (Å²) in [4.78, 5) is 0. The van der Waals surface area contributed by atoms with Crippen LogP contribution < -0.4 is 19.5 Å². The van der Waals surface area contributed by atoms with Crippen molar-refractivity contribution < 1.29 is 18.6 Å². The summed E-state index contributed by atoms with van der Waals surface area (Å²) >= 11 is 0. The van der Waals surface area contributed by atoms with E-state index in [1.165, 1.54) is 12.1 Å². The van der Waals surface area contributed by atoms with Gasteiger partial charge >= 0.3 is 0 Å². The van der Waals surface area contributed by atoms with Crippen molar-refractivity contribution in [2.45, 2.75) is 6.10 Å².